The van der Waals surface area contributed by atoms with Gasteiger partial charge >= 0.3 is 0 Å². The Kier molecular flexibility index (Phi) is 4.12. The summed E-state index contributed by atoms with van der Waals surface area (Å²) in [5.74, 6) is 1.65. The first-order chi connectivity index (χ1) is 6.72. The molecule has 0 atom stereocenters. The predicted octanol–water partition coefficient (Wildman–Crippen LogP) is 1.19. The van der Waals surface area contributed by atoms with Gasteiger partial charge < -0.3 is 10.7 Å². The van der Waals surface area contributed by atoms with Gasteiger partial charge in [0.25, 0.3) is 0 Å². The van der Waals surface area contributed by atoms with Gasteiger partial charge in [0.2, 0.25) is 0 Å². The molecule has 0 aliphatic carbocycles. The van der Waals surface area contributed by atoms with Crippen LogP contribution in [0.4, 0.5) is 11.6 Å². The Balaban J connectivity index is 2.59. The van der Waals surface area contributed by atoms with Crippen molar-refractivity contribution in [2.75, 3.05) is 31.4 Å². The SMILES string of the molecule is CCCNc1cc(NN(C)C)ncn1. The maximum atomic E-state index is 4.10. The number of hydrogen-bond donors (Lipinski definition) is 2. The lowest BCUT2D eigenvalue weighted by Crippen LogP contribution is -2.20. The lowest BCUT2D eigenvalue weighted by atomic mass is 10.4. The molecule has 0 saturated heterocycles. The standard InChI is InChI=1S/C9H17N5/c1-4-5-10-8-6-9(12-7-11-8)13-14(2)3/h6-7H,4-5H2,1-3H3,(H2,10,11,12,13). The van der Waals surface area contributed by atoms with Crippen LogP contribution in [-0.4, -0.2) is 35.6 Å². The van der Waals surface area contributed by atoms with Crippen molar-refractivity contribution < 1.29 is 0 Å². The average Bonchev–Trinajstić information content (AvgIpc) is 2.14. The number of aromatic nitrogens is 2. The highest BCUT2D eigenvalue weighted by Gasteiger charge is 1.97. The van der Waals surface area contributed by atoms with Gasteiger partial charge in [0.05, 0.1) is 0 Å². The first-order valence-electron chi connectivity index (χ1n) is 4.72. The van der Waals surface area contributed by atoms with E-state index in [0.29, 0.717) is 0 Å². The van der Waals surface area contributed by atoms with Crippen molar-refractivity contribution in [3.63, 3.8) is 0 Å². The van der Waals surface area contributed by atoms with E-state index >= 15 is 0 Å². The van der Waals surface area contributed by atoms with Crippen LogP contribution in [0.1, 0.15) is 13.3 Å². The van der Waals surface area contributed by atoms with E-state index in [1.807, 2.05) is 25.2 Å². The zero-order valence-electron chi connectivity index (χ0n) is 8.91. The fourth-order valence-electron chi connectivity index (χ4n) is 0.997. The molecule has 0 aromatic carbocycles. The van der Waals surface area contributed by atoms with E-state index in [1.54, 1.807) is 6.33 Å². The highest BCUT2D eigenvalue weighted by Crippen LogP contribution is 2.08. The monoisotopic (exact) mass is 195 g/mol. The highest BCUT2D eigenvalue weighted by atomic mass is 15.5. The number of rotatable bonds is 5. The molecule has 14 heavy (non-hydrogen) atoms. The van der Waals surface area contributed by atoms with Gasteiger partial charge in [-0.15, -0.1) is 0 Å². The second-order valence-corrected chi connectivity index (χ2v) is 3.22. The lowest BCUT2D eigenvalue weighted by Gasteiger charge is -2.12. The van der Waals surface area contributed by atoms with Gasteiger partial charge in [0.1, 0.15) is 18.0 Å². The van der Waals surface area contributed by atoms with Gasteiger partial charge in [-0.05, 0) is 6.42 Å². The van der Waals surface area contributed by atoms with Crippen molar-refractivity contribution in [3.8, 4) is 0 Å². The summed E-state index contributed by atoms with van der Waals surface area (Å²) >= 11 is 0. The summed E-state index contributed by atoms with van der Waals surface area (Å²) in [4.78, 5) is 8.19. The molecule has 1 rings (SSSR count). The summed E-state index contributed by atoms with van der Waals surface area (Å²) in [5.41, 5.74) is 3.06. The molecule has 78 valence electrons. The fourth-order valence-corrected chi connectivity index (χ4v) is 0.997. The summed E-state index contributed by atoms with van der Waals surface area (Å²) in [7, 11) is 3.84. The molecule has 1 aromatic heterocycles. The van der Waals surface area contributed by atoms with Crippen LogP contribution < -0.4 is 10.7 Å². The quantitative estimate of drug-likeness (QED) is 0.691. The molecule has 1 heterocycles. The molecule has 0 bridgehead atoms. The third-order valence-electron chi connectivity index (χ3n) is 1.56. The molecular formula is C9H17N5. The van der Waals surface area contributed by atoms with Crippen molar-refractivity contribution >= 4 is 11.6 Å². The zero-order chi connectivity index (χ0) is 10.4. The van der Waals surface area contributed by atoms with Crippen LogP contribution in [0.5, 0.6) is 0 Å². The normalized spacial score (nSPS) is 10.3. The average molecular weight is 195 g/mol. The van der Waals surface area contributed by atoms with Crippen molar-refractivity contribution in [2.45, 2.75) is 13.3 Å². The molecule has 0 unspecified atom stereocenters. The van der Waals surface area contributed by atoms with E-state index in [9.17, 15) is 0 Å². The minimum atomic E-state index is 0.795. The van der Waals surface area contributed by atoms with Crippen LogP contribution in [0, 0.1) is 0 Å². The Bertz CT molecular complexity index is 274. The van der Waals surface area contributed by atoms with E-state index < -0.39 is 0 Å². The molecule has 0 saturated carbocycles. The minimum Gasteiger partial charge on any atom is -0.370 e. The van der Waals surface area contributed by atoms with Crippen LogP contribution in [0.15, 0.2) is 12.4 Å². The Morgan fingerprint density at radius 3 is 2.64 bits per heavy atom. The maximum Gasteiger partial charge on any atom is 0.145 e. The largest absolute Gasteiger partial charge is 0.370 e. The molecule has 0 fully saturated rings. The van der Waals surface area contributed by atoms with E-state index in [4.69, 9.17) is 0 Å². The second-order valence-electron chi connectivity index (χ2n) is 3.22. The Labute approximate surface area is 84.5 Å². The third kappa shape index (κ3) is 3.57. The second kappa shape index (κ2) is 5.39. The molecule has 0 radical (unpaired) electrons. The van der Waals surface area contributed by atoms with Gasteiger partial charge in [0.15, 0.2) is 0 Å². The van der Waals surface area contributed by atoms with Crippen molar-refractivity contribution in [2.24, 2.45) is 0 Å². The molecule has 0 amide bonds. The number of nitrogens with zero attached hydrogens (tertiary/aromatic N) is 3. The van der Waals surface area contributed by atoms with E-state index in [-0.39, 0.29) is 0 Å². The van der Waals surface area contributed by atoms with Gasteiger partial charge in [0, 0.05) is 26.7 Å². The molecule has 2 N–H and O–H groups in total. The van der Waals surface area contributed by atoms with Crippen molar-refractivity contribution in [1.29, 1.82) is 0 Å². The van der Waals surface area contributed by atoms with Crippen LogP contribution in [0.3, 0.4) is 0 Å². The van der Waals surface area contributed by atoms with Crippen LogP contribution in [0.2, 0.25) is 0 Å². The molecule has 0 spiro atoms. The first kappa shape index (κ1) is 10.7. The molecule has 0 aliphatic rings. The van der Waals surface area contributed by atoms with E-state index in [0.717, 1.165) is 24.6 Å². The summed E-state index contributed by atoms with van der Waals surface area (Å²) in [6.07, 6.45) is 2.63. The van der Waals surface area contributed by atoms with Crippen LogP contribution >= 0.6 is 0 Å². The van der Waals surface area contributed by atoms with Gasteiger partial charge in [-0.1, -0.05) is 6.92 Å². The molecule has 0 aliphatic heterocycles. The highest BCUT2D eigenvalue weighted by molar-refractivity contribution is 5.45. The number of hydrazine groups is 1. The molecule has 5 nitrogen and oxygen atoms in total. The lowest BCUT2D eigenvalue weighted by molar-refractivity contribution is 0.492. The van der Waals surface area contributed by atoms with Gasteiger partial charge in [-0.25, -0.2) is 15.0 Å². The third-order valence-corrected chi connectivity index (χ3v) is 1.56. The zero-order valence-corrected chi connectivity index (χ0v) is 8.91. The topological polar surface area (TPSA) is 53.1 Å². The van der Waals surface area contributed by atoms with Gasteiger partial charge in [-0.2, -0.15) is 0 Å². The van der Waals surface area contributed by atoms with Gasteiger partial charge in [-0.3, -0.25) is 0 Å². The summed E-state index contributed by atoms with van der Waals surface area (Å²) in [6, 6.07) is 1.88. The Hall–Kier alpha value is -1.36. The van der Waals surface area contributed by atoms with Crippen molar-refractivity contribution in [1.82, 2.24) is 15.0 Å². The fraction of sp³-hybridized carbons (Fsp3) is 0.556. The summed E-state index contributed by atoms with van der Waals surface area (Å²) in [6.45, 7) is 3.05. The number of hydrogen-bond acceptors (Lipinski definition) is 5. The first-order valence-corrected chi connectivity index (χ1v) is 4.72. The van der Waals surface area contributed by atoms with Crippen LogP contribution in [-0.2, 0) is 0 Å². The minimum absolute atomic E-state index is 0.795. The summed E-state index contributed by atoms with van der Waals surface area (Å²) < 4.78 is 0. The maximum absolute atomic E-state index is 4.10. The van der Waals surface area contributed by atoms with Crippen LogP contribution in [0.25, 0.3) is 0 Å². The summed E-state index contributed by atoms with van der Waals surface area (Å²) in [5, 5.41) is 5.04. The predicted molar refractivity (Wildman–Crippen MR) is 58.1 cm³/mol. The molecule has 1 aromatic rings. The Morgan fingerprint density at radius 2 is 2.00 bits per heavy atom. The van der Waals surface area contributed by atoms with Crippen molar-refractivity contribution in [3.05, 3.63) is 12.4 Å². The smallest absolute Gasteiger partial charge is 0.145 e. The number of anilines is 2. The Morgan fingerprint density at radius 1 is 1.29 bits per heavy atom. The van der Waals surface area contributed by atoms with E-state index in [2.05, 4.69) is 27.6 Å². The van der Waals surface area contributed by atoms with E-state index in [1.165, 1.54) is 0 Å². The number of nitrogens with one attached hydrogen (secondary N) is 2. The molecule has 5 heteroatoms. The molecular weight excluding hydrogens is 178 g/mol.